The van der Waals surface area contributed by atoms with Crippen molar-refractivity contribution in [2.45, 2.75) is 32.3 Å². The van der Waals surface area contributed by atoms with Gasteiger partial charge in [-0.15, -0.1) is 0 Å². The van der Waals surface area contributed by atoms with Gasteiger partial charge in [0.25, 0.3) is 5.91 Å². The number of aromatic nitrogens is 2. The van der Waals surface area contributed by atoms with Crippen LogP contribution in [0.25, 0.3) is 0 Å². The Morgan fingerprint density at radius 1 is 1.44 bits per heavy atom. The third-order valence-electron chi connectivity index (χ3n) is 3.71. The van der Waals surface area contributed by atoms with Gasteiger partial charge in [-0.1, -0.05) is 17.7 Å². The van der Waals surface area contributed by atoms with Crippen molar-refractivity contribution in [1.29, 1.82) is 0 Å². The van der Waals surface area contributed by atoms with Crippen LogP contribution in [0.2, 0.25) is 5.02 Å². The standard InChI is InChI=1S/C16H14ClN3O4S/c1-8(21)5-12-18-15(25-20-12)19-14(23)16(2)7-9-3-4-10(17)6-11(9)13(22)24-16/h3-4,6H,5,7H2,1-2H3,(H,18,19,20,23)/t16-/m1/s1. The van der Waals surface area contributed by atoms with Crippen molar-refractivity contribution in [2.24, 2.45) is 0 Å². The fourth-order valence-electron chi connectivity index (χ4n) is 2.51. The van der Waals surface area contributed by atoms with E-state index in [1.165, 1.54) is 19.9 Å². The predicted molar refractivity (Wildman–Crippen MR) is 91.9 cm³/mol. The lowest BCUT2D eigenvalue weighted by molar-refractivity contribution is -0.134. The molecule has 1 atom stereocenters. The van der Waals surface area contributed by atoms with Crippen LogP contribution in [0.5, 0.6) is 0 Å². The van der Waals surface area contributed by atoms with Gasteiger partial charge in [-0.2, -0.15) is 4.37 Å². The maximum absolute atomic E-state index is 12.6. The molecule has 1 N–H and O–H groups in total. The molecule has 0 saturated heterocycles. The minimum absolute atomic E-state index is 0.0703. The van der Waals surface area contributed by atoms with Crippen molar-refractivity contribution in [3.05, 3.63) is 40.2 Å². The molecule has 130 valence electrons. The van der Waals surface area contributed by atoms with Gasteiger partial charge in [0.1, 0.15) is 5.78 Å². The number of carbonyl (C=O) groups is 3. The molecule has 2 heterocycles. The maximum atomic E-state index is 12.6. The number of esters is 1. The van der Waals surface area contributed by atoms with Crippen LogP contribution in [0, 0.1) is 0 Å². The summed E-state index contributed by atoms with van der Waals surface area (Å²) in [6, 6.07) is 4.89. The zero-order valence-electron chi connectivity index (χ0n) is 13.5. The first-order chi connectivity index (χ1) is 11.8. The van der Waals surface area contributed by atoms with E-state index >= 15 is 0 Å². The number of rotatable bonds is 4. The lowest BCUT2D eigenvalue weighted by Crippen LogP contribution is -2.48. The highest BCUT2D eigenvalue weighted by molar-refractivity contribution is 7.09. The van der Waals surface area contributed by atoms with Crippen LogP contribution in [0.3, 0.4) is 0 Å². The molecule has 0 saturated carbocycles. The summed E-state index contributed by atoms with van der Waals surface area (Å²) < 4.78 is 9.36. The van der Waals surface area contributed by atoms with Crippen molar-refractivity contribution in [2.75, 3.05) is 5.32 Å². The summed E-state index contributed by atoms with van der Waals surface area (Å²) in [7, 11) is 0. The molecule has 0 spiro atoms. The number of carbonyl (C=O) groups excluding carboxylic acids is 3. The highest BCUT2D eigenvalue weighted by Gasteiger charge is 2.43. The van der Waals surface area contributed by atoms with E-state index in [9.17, 15) is 14.4 Å². The fourth-order valence-corrected chi connectivity index (χ4v) is 3.26. The number of ether oxygens (including phenoxy) is 1. The normalized spacial score (nSPS) is 19.1. The van der Waals surface area contributed by atoms with Crippen molar-refractivity contribution in [3.63, 3.8) is 0 Å². The third kappa shape index (κ3) is 3.69. The van der Waals surface area contributed by atoms with E-state index < -0.39 is 17.5 Å². The molecule has 2 aromatic rings. The van der Waals surface area contributed by atoms with E-state index in [1.54, 1.807) is 12.1 Å². The molecule has 1 aliphatic heterocycles. The molecular weight excluding hydrogens is 366 g/mol. The molecule has 0 fully saturated rings. The molecule has 0 unspecified atom stereocenters. The van der Waals surface area contributed by atoms with Crippen molar-refractivity contribution in [1.82, 2.24) is 9.36 Å². The largest absolute Gasteiger partial charge is 0.445 e. The number of benzene rings is 1. The average molecular weight is 380 g/mol. The highest BCUT2D eigenvalue weighted by Crippen LogP contribution is 2.31. The quantitative estimate of drug-likeness (QED) is 0.819. The number of halogens is 1. The molecule has 25 heavy (non-hydrogen) atoms. The summed E-state index contributed by atoms with van der Waals surface area (Å²) in [4.78, 5) is 40.0. The molecule has 1 aromatic carbocycles. The summed E-state index contributed by atoms with van der Waals surface area (Å²) in [5.74, 6) is -0.833. The Hall–Kier alpha value is -2.32. The SMILES string of the molecule is CC(=O)Cc1nsc(NC(=O)[C@@]2(C)Cc3ccc(Cl)cc3C(=O)O2)n1. The summed E-state index contributed by atoms with van der Waals surface area (Å²) in [6.07, 6.45) is 0.322. The first kappa shape index (κ1) is 17.5. The second-order valence-corrected chi connectivity index (χ2v) is 7.14. The number of amides is 1. The fraction of sp³-hybridized carbons (Fsp3) is 0.312. The molecule has 1 aromatic heterocycles. The first-order valence-electron chi connectivity index (χ1n) is 7.42. The number of ketones is 1. The van der Waals surface area contributed by atoms with E-state index in [4.69, 9.17) is 16.3 Å². The van der Waals surface area contributed by atoms with Crippen LogP contribution < -0.4 is 5.32 Å². The van der Waals surface area contributed by atoms with Crippen LogP contribution >= 0.6 is 23.1 Å². The Balaban J connectivity index is 1.78. The Kier molecular flexibility index (Phi) is 4.57. The van der Waals surface area contributed by atoms with Gasteiger partial charge in [0, 0.05) is 23.0 Å². The topological polar surface area (TPSA) is 98.2 Å². The Morgan fingerprint density at radius 3 is 2.92 bits per heavy atom. The lowest BCUT2D eigenvalue weighted by atomic mass is 9.89. The molecule has 0 aliphatic carbocycles. The number of fused-ring (bicyclic) bond motifs is 1. The van der Waals surface area contributed by atoms with E-state index in [0.29, 0.717) is 22.0 Å². The molecule has 1 aliphatic rings. The highest BCUT2D eigenvalue weighted by atomic mass is 35.5. The minimum Gasteiger partial charge on any atom is -0.445 e. The van der Waals surface area contributed by atoms with E-state index in [2.05, 4.69) is 14.7 Å². The molecule has 3 rings (SSSR count). The van der Waals surface area contributed by atoms with Gasteiger partial charge in [0.2, 0.25) is 5.13 Å². The Labute approximate surface area is 152 Å². The van der Waals surface area contributed by atoms with Crippen LogP contribution in [-0.2, 0) is 27.2 Å². The van der Waals surface area contributed by atoms with Crippen molar-refractivity contribution in [3.8, 4) is 0 Å². The second-order valence-electron chi connectivity index (χ2n) is 5.95. The van der Waals surface area contributed by atoms with Gasteiger partial charge < -0.3 is 4.74 Å². The number of hydrogen-bond donors (Lipinski definition) is 1. The van der Waals surface area contributed by atoms with Gasteiger partial charge in [0.05, 0.1) is 12.0 Å². The molecule has 0 bridgehead atoms. The lowest BCUT2D eigenvalue weighted by Gasteiger charge is -2.32. The van der Waals surface area contributed by atoms with Gasteiger partial charge in [-0.05, 0) is 31.5 Å². The van der Waals surface area contributed by atoms with Crippen molar-refractivity contribution < 1.29 is 19.1 Å². The smallest absolute Gasteiger partial charge is 0.339 e. The van der Waals surface area contributed by atoms with Gasteiger partial charge in [0.15, 0.2) is 11.4 Å². The Morgan fingerprint density at radius 2 is 2.20 bits per heavy atom. The summed E-state index contributed by atoms with van der Waals surface area (Å²) in [6.45, 7) is 2.97. The van der Waals surface area contributed by atoms with Gasteiger partial charge in [-0.3, -0.25) is 14.9 Å². The average Bonchev–Trinajstić information content (AvgIpc) is 2.94. The van der Waals surface area contributed by atoms with E-state index in [1.807, 2.05) is 0 Å². The van der Waals surface area contributed by atoms with E-state index in [0.717, 1.165) is 11.5 Å². The minimum atomic E-state index is -1.37. The maximum Gasteiger partial charge on any atom is 0.339 e. The number of nitrogens with one attached hydrogen (secondary N) is 1. The third-order valence-corrected chi connectivity index (χ3v) is 4.62. The molecule has 1 amide bonds. The molecule has 9 heteroatoms. The summed E-state index contributed by atoms with van der Waals surface area (Å²) in [5.41, 5.74) is -0.324. The van der Waals surface area contributed by atoms with Crippen LogP contribution in [0.4, 0.5) is 5.13 Å². The summed E-state index contributed by atoms with van der Waals surface area (Å²) in [5, 5.41) is 3.28. The second kappa shape index (κ2) is 6.53. The number of hydrogen-bond acceptors (Lipinski definition) is 7. The zero-order valence-corrected chi connectivity index (χ0v) is 15.0. The van der Waals surface area contributed by atoms with Gasteiger partial charge in [-0.25, -0.2) is 9.78 Å². The molecule has 7 nitrogen and oxygen atoms in total. The van der Waals surface area contributed by atoms with E-state index in [-0.39, 0.29) is 23.8 Å². The number of Topliss-reactive ketones (excluding diaryl/α,β-unsaturated/α-hetero) is 1. The first-order valence-corrected chi connectivity index (χ1v) is 8.57. The zero-order chi connectivity index (χ0) is 18.2. The van der Waals surface area contributed by atoms with Crippen LogP contribution in [-0.4, -0.2) is 32.6 Å². The monoisotopic (exact) mass is 379 g/mol. The van der Waals surface area contributed by atoms with Crippen LogP contribution in [0.1, 0.15) is 35.6 Å². The molecular formula is C16H14ClN3O4S. The summed E-state index contributed by atoms with van der Waals surface area (Å²) >= 11 is 6.86. The number of cyclic esters (lactones) is 1. The number of anilines is 1. The van der Waals surface area contributed by atoms with Crippen molar-refractivity contribution >= 4 is 45.9 Å². The number of nitrogens with zero attached hydrogens (tertiary/aromatic N) is 2. The van der Waals surface area contributed by atoms with Crippen LogP contribution in [0.15, 0.2) is 18.2 Å². The Bertz CT molecular complexity index is 882. The molecule has 0 radical (unpaired) electrons. The van der Waals surface area contributed by atoms with Gasteiger partial charge >= 0.3 is 5.97 Å². The predicted octanol–water partition coefficient (Wildman–Crippen LogP) is 2.43.